The van der Waals surface area contributed by atoms with Gasteiger partial charge in [-0.15, -0.1) is 5.10 Å². The molecule has 1 rings (SSSR count). The Bertz CT molecular complexity index is 465. The van der Waals surface area contributed by atoms with E-state index in [1.807, 2.05) is 6.92 Å². The van der Waals surface area contributed by atoms with Crippen molar-refractivity contribution in [2.75, 3.05) is 0 Å². The molecule has 0 radical (unpaired) electrons. The number of nitrogens with one attached hydrogen (secondary N) is 1. The van der Waals surface area contributed by atoms with Crippen LogP contribution < -0.4 is 5.32 Å². The molecule has 1 unspecified atom stereocenters. The van der Waals surface area contributed by atoms with E-state index in [1.165, 1.54) is 0 Å². The first kappa shape index (κ1) is 15.6. The average molecular weight is 285 g/mol. The zero-order chi connectivity index (χ0) is 14.6. The first-order chi connectivity index (χ1) is 8.77. The fraction of sp³-hybridized carbons (Fsp3) is 0.667. The number of nitrogens with zero attached hydrogens (tertiary/aromatic N) is 2. The van der Waals surface area contributed by atoms with Gasteiger partial charge in [0.15, 0.2) is 0 Å². The monoisotopic (exact) mass is 285 g/mol. The van der Waals surface area contributed by atoms with E-state index in [0.29, 0.717) is 17.0 Å². The summed E-state index contributed by atoms with van der Waals surface area (Å²) in [7, 11) is 0. The van der Waals surface area contributed by atoms with Crippen molar-refractivity contribution in [3.05, 3.63) is 10.6 Å². The predicted molar refractivity (Wildman–Crippen MR) is 72.2 cm³/mol. The molecule has 106 valence electrons. The average Bonchev–Trinajstić information content (AvgIpc) is 2.72. The van der Waals surface area contributed by atoms with Crippen LogP contribution in [0.15, 0.2) is 0 Å². The van der Waals surface area contributed by atoms with Gasteiger partial charge < -0.3 is 10.4 Å². The zero-order valence-electron chi connectivity index (χ0n) is 11.6. The fourth-order valence-electron chi connectivity index (χ4n) is 1.63. The SMILES string of the molecule is CCCc1nnsc1C(=O)NC(C(=O)O)C(C)(C)C. The highest BCUT2D eigenvalue weighted by Crippen LogP contribution is 2.21. The highest BCUT2D eigenvalue weighted by Gasteiger charge is 2.33. The molecule has 0 bridgehead atoms. The summed E-state index contributed by atoms with van der Waals surface area (Å²) in [4.78, 5) is 23.7. The molecule has 6 nitrogen and oxygen atoms in total. The van der Waals surface area contributed by atoms with Crippen molar-refractivity contribution in [2.24, 2.45) is 5.41 Å². The normalized spacial score (nSPS) is 13.1. The Kier molecular flexibility index (Phi) is 4.99. The van der Waals surface area contributed by atoms with Gasteiger partial charge in [-0.1, -0.05) is 38.6 Å². The van der Waals surface area contributed by atoms with Crippen LogP contribution in [0.1, 0.15) is 49.5 Å². The topological polar surface area (TPSA) is 92.2 Å². The molecule has 19 heavy (non-hydrogen) atoms. The van der Waals surface area contributed by atoms with Gasteiger partial charge in [0.25, 0.3) is 5.91 Å². The Morgan fingerprint density at radius 3 is 2.53 bits per heavy atom. The number of hydrogen-bond acceptors (Lipinski definition) is 5. The smallest absolute Gasteiger partial charge is 0.326 e. The van der Waals surface area contributed by atoms with E-state index in [-0.39, 0.29) is 0 Å². The summed E-state index contributed by atoms with van der Waals surface area (Å²) in [6, 6.07) is -0.948. The van der Waals surface area contributed by atoms with Crippen LogP contribution in [-0.4, -0.2) is 32.6 Å². The molecule has 0 saturated heterocycles. The number of carbonyl (C=O) groups is 2. The lowest BCUT2D eigenvalue weighted by atomic mass is 9.86. The summed E-state index contributed by atoms with van der Waals surface area (Å²) in [6.07, 6.45) is 1.51. The number of aryl methyl sites for hydroxylation is 1. The van der Waals surface area contributed by atoms with Crippen molar-refractivity contribution >= 4 is 23.4 Å². The van der Waals surface area contributed by atoms with E-state index in [9.17, 15) is 14.7 Å². The number of carboxylic acid groups (broad SMARTS) is 1. The van der Waals surface area contributed by atoms with E-state index >= 15 is 0 Å². The summed E-state index contributed by atoms with van der Waals surface area (Å²) < 4.78 is 3.76. The maximum absolute atomic E-state index is 12.1. The number of carboxylic acids is 1. The number of rotatable bonds is 5. The maximum atomic E-state index is 12.1. The Morgan fingerprint density at radius 2 is 2.05 bits per heavy atom. The van der Waals surface area contributed by atoms with Crippen molar-refractivity contribution in [1.82, 2.24) is 14.9 Å². The molecule has 0 spiro atoms. The van der Waals surface area contributed by atoms with Crippen LogP contribution in [0.3, 0.4) is 0 Å². The van der Waals surface area contributed by atoms with Crippen LogP contribution in [0.4, 0.5) is 0 Å². The van der Waals surface area contributed by atoms with Crippen molar-refractivity contribution < 1.29 is 14.7 Å². The minimum atomic E-state index is -1.05. The van der Waals surface area contributed by atoms with E-state index in [2.05, 4.69) is 14.9 Å². The molecule has 1 amide bonds. The highest BCUT2D eigenvalue weighted by atomic mass is 32.1. The lowest BCUT2D eigenvalue weighted by molar-refractivity contribution is -0.142. The number of amides is 1. The lowest BCUT2D eigenvalue weighted by Crippen LogP contribution is -2.49. The largest absolute Gasteiger partial charge is 0.480 e. The first-order valence-electron chi connectivity index (χ1n) is 6.12. The summed E-state index contributed by atoms with van der Waals surface area (Å²) in [5, 5.41) is 15.6. The molecule has 2 N–H and O–H groups in total. The van der Waals surface area contributed by atoms with Crippen LogP contribution >= 0.6 is 11.5 Å². The number of aromatic nitrogens is 2. The molecule has 0 fully saturated rings. The van der Waals surface area contributed by atoms with Crippen molar-refractivity contribution in [1.29, 1.82) is 0 Å². The molecule has 0 aliphatic carbocycles. The number of aliphatic carboxylic acids is 1. The Labute approximate surface area is 116 Å². The number of hydrogen-bond donors (Lipinski definition) is 2. The maximum Gasteiger partial charge on any atom is 0.326 e. The molecule has 1 heterocycles. The summed E-state index contributed by atoms with van der Waals surface area (Å²) in [6.45, 7) is 7.29. The quantitative estimate of drug-likeness (QED) is 0.859. The van der Waals surface area contributed by atoms with Gasteiger partial charge in [-0.3, -0.25) is 4.79 Å². The molecule has 0 aliphatic heterocycles. The van der Waals surface area contributed by atoms with Gasteiger partial charge in [0.2, 0.25) is 0 Å². The third-order valence-corrected chi connectivity index (χ3v) is 3.40. The molecule has 7 heteroatoms. The van der Waals surface area contributed by atoms with Gasteiger partial charge >= 0.3 is 5.97 Å². The van der Waals surface area contributed by atoms with Crippen molar-refractivity contribution in [2.45, 2.75) is 46.6 Å². The first-order valence-corrected chi connectivity index (χ1v) is 6.89. The van der Waals surface area contributed by atoms with Gasteiger partial charge in [-0.05, 0) is 23.4 Å². The van der Waals surface area contributed by atoms with E-state index in [4.69, 9.17) is 0 Å². The van der Waals surface area contributed by atoms with E-state index < -0.39 is 23.3 Å². The summed E-state index contributed by atoms with van der Waals surface area (Å²) >= 11 is 0.996. The van der Waals surface area contributed by atoms with Gasteiger partial charge in [0.05, 0.1) is 5.69 Å². The van der Waals surface area contributed by atoms with Crippen LogP contribution in [0.25, 0.3) is 0 Å². The van der Waals surface area contributed by atoms with Crippen LogP contribution in [0, 0.1) is 5.41 Å². The lowest BCUT2D eigenvalue weighted by Gasteiger charge is -2.27. The molecule has 1 aromatic rings. The second kappa shape index (κ2) is 6.10. The third kappa shape index (κ3) is 3.99. The van der Waals surface area contributed by atoms with Gasteiger partial charge in [0.1, 0.15) is 10.9 Å². The molecule has 0 aromatic carbocycles. The second-order valence-electron chi connectivity index (χ2n) is 5.41. The molecule has 0 saturated carbocycles. The Morgan fingerprint density at radius 1 is 1.42 bits per heavy atom. The molecule has 0 aliphatic rings. The standard InChI is InChI=1S/C12H19N3O3S/c1-5-6-7-8(19-15-14-7)10(16)13-9(11(17)18)12(2,3)4/h9H,5-6H2,1-4H3,(H,13,16)(H,17,18). The van der Waals surface area contributed by atoms with Crippen molar-refractivity contribution in [3.8, 4) is 0 Å². The molecule has 1 aromatic heterocycles. The summed E-state index contributed by atoms with van der Waals surface area (Å²) in [5.41, 5.74) is 0.0629. The van der Waals surface area contributed by atoms with E-state index in [0.717, 1.165) is 18.0 Å². The minimum absolute atomic E-state index is 0.400. The van der Waals surface area contributed by atoms with Crippen molar-refractivity contribution in [3.63, 3.8) is 0 Å². The molecular weight excluding hydrogens is 266 g/mol. The predicted octanol–water partition coefficient (Wildman–Crippen LogP) is 1.72. The minimum Gasteiger partial charge on any atom is -0.480 e. The second-order valence-corrected chi connectivity index (χ2v) is 6.16. The molecule has 1 atom stereocenters. The number of carbonyl (C=O) groups excluding carboxylic acids is 1. The fourth-order valence-corrected chi connectivity index (χ4v) is 2.24. The highest BCUT2D eigenvalue weighted by molar-refractivity contribution is 7.08. The van der Waals surface area contributed by atoms with Crippen LogP contribution in [-0.2, 0) is 11.2 Å². The third-order valence-electron chi connectivity index (χ3n) is 2.64. The van der Waals surface area contributed by atoms with Gasteiger partial charge in [-0.25, -0.2) is 4.79 Å². The summed E-state index contributed by atoms with van der Waals surface area (Å²) in [5.74, 6) is -1.46. The van der Waals surface area contributed by atoms with Gasteiger partial charge in [-0.2, -0.15) is 0 Å². The van der Waals surface area contributed by atoms with Gasteiger partial charge in [0, 0.05) is 0 Å². The van der Waals surface area contributed by atoms with Crippen LogP contribution in [0.5, 0.6) is 0 Å². The Hall–Kier alpha value is -1.50. The van der Waals surface area contributed by atoms with E-state index in [1.54, 1.807) is 20.8 Å². The zero-order valence-corrected chi connectivity index (χ0v) is 12.4. The molecular formula is C12H19N3O3S. The Balaban J connectivity index is 2.88. The van der Waals surface area contributed by atoms with Crippen LogP contribution in [0.2, 0.25) is 0 Å².